The van der Waals surface area contributed by atoms with E-state index in [-0.39, 0.29) is 6.04 Å². The summed E-state index contributed by atoms with van der Waals surface area (Å²) in [7, 11) is 0. The van der Waals surface area contributed by atoms with Crippen molar-refractivity contribution in [1.82, 2.24) is 5.48 Å². The van der Waals surface area contributed by atoms with Gasteiger partial charge in [0.2, 0.25) is 0 Å². The largest absolute Gasteiger partial charge is 0.321 e. The standard InChI is InChI=1S/C4H9N3O2S/c1-2-3(5)4-6-9-10(8)7-4/h3H,2,5H2,1H3,(H,6,7). The van der Waals surface area contributed by atoms with Crippen molar-refractivity contribution in [2.45, 2.75) is 19.4 Å². The van der Waals surface area contributed by atoms with Crippen molar-refractivity contribution in [1.29, 1.82) is 0 Å². The molecule has 0 aromatic heterocycles. The Morgan fingerprint density at radius 2 is 2.70 bits per heavy atom. The van der Waals surface area contributed by atoms with Crippen LogP contribution in [0.25, 0.3) is 0 Å². The van der Waals surface area contributed by atoms with Crippen LogP contribution in [0.2, 0.25) is 0 Å². The lowest BCUT2D eigenvalue weighted by atomic mass is 10.2. The minimum Gasteiger partial charge on any atom is -0.321 e. The first-order valence-electron chi connectivity index (χ1n) is 2.93. The zero-order valence-electron chi connectivity index (χ0n) is 5.53. The molecule has 3 N–H and O–H groups in total. The van der Waals surface area contributed by atoms with Crippen molar-refractivity contribution in [3.8, 4) is 0 Å². The first kappa shape index (κ1) is 7.64. The number of hydroxylamine groups is 1. The topological polar surface area (TPSA) is 76.7 Å². The Morgan fingerprint density at radius 1 is 2.00 bits per heavy atom. The third kappa shape index (κ3) is 1.53. The minimum atomic E-state index is -1.58. The average molecular weight is 163 g/mol. The van der Waals surface area contributed by atoms with Gasteiger partial charge in [-0.05, 0) is 6.42 Å². The highest BCUT2D eigenvalue weighted by atomic mass is 32.2. The summed E-state index contributed by atoms with van der Waals surface area (Å²) in [5.41, 5.74) is 7.91. The lowest BCUT2D eigenvalue weighted by Crippen LogP contribution is -2.36. The summed E-state index contributed by atoms with van der Waals surface area (Å²) in [4.78, 5) is 0. The fraction of sp³-hybridized carbons (Fsp3) is 0.750. The molecule has 1 aliphatic heterocycles. The van der Waals surface area contributed by atoms with E-state index in [2.05, 4.69) is 14.2 Å². The highest BCUT2D eigenvalue weighted by Crippen LogP contribution is 1.99. The van der Waals surface area contributed by atoms with Crippen molar-refractivity contribution in [3.63, 3.8) is 0 Å². The minimum absolute atomic E-state index is 0.202. The Kier molecular flexibility index (Phi) is 2.36. The first-order chi connectivity index (χ1) is 4.74. The molecule has 2 atom stereocenters. The monoisotopic (exact) mass is 163 g/mol. The SMILES string of the molecule is CCC(N)C1=NS(=O)ON1. The van der Waals surface area contributed by atoms with Crippen molar-refractivity contribution in [3.05, 3.63) is 0 Å². The smallest absolute Gasteiger partial charge is 0.309 e. The maximum Gasteiger partial charge on any atom is 0.309 e. The molecular formula is C4H9N3O2S. The van der Waals surface area contributed by atoms with Crippen LogP contribution in [-0.4, -0.2) is 16.1 Å². The number of amidine groups is 1. The molecule has 5 nitrogen and oxygen atoms in total. The molecule has 1 rings (SSSR count). The van der Waals surface area contributed by atoms with Gasteiger partial charge in [0.05, 0.1) is 6.04 Å². The van der Waals surface area contributed by atoms with Crippen LogP contribution in [0.1, 0.15) is 13.3 Å². The van der Waals surface area contributed by atoms with Crippen LogP contribution in [0.3, 0.4) is 0 Å². The highest BCUT2D eigenvalue weighted by Gasteiger charge is 2.17. The van der Waals surface area contributed by atoms with E-state index in [4.69, 9.17) is 5.73 Å². The Morgan fingerprint density at radius 3 is 3.10 bits per heavy atom. The Labute approximate surface area is 61.4 Å². The van der Waals surface area contributed by atoms with E-state index in [1.54, 1.807) is 0 Å². The second-order valence-electron chi connectivity index (χ2n) is 1.89. The fourth-order valence-electron chi connectivity index (χ4n) is 0.533. The van der Waals surface area contributed by atoms with Gasteiger partial charge in [-0.2, -0.15) is 4.28 Å². The molecule has 0 aromatic carbocycles. The van der Waals surface area contributed by atoms with E-state index >= 15 is 0 Å². The van der Waals surface area contributed by atoms with Crippen LogP contribution in [-0.2, 0) is 15.6 Å². The van der Waals surface area contributed by atoms with Crippen LogP contribution in [0.4, 0.5) is 0 Å². The molecule has 0 spiro atoms. The van der Waals surface area contributed by atoms with E-state index in [0.29, 0.717) is 5.84 Å². The van der Waals surface area contributed by atoms with Crippen molar-refractivity contribution < 1.29 is 8.49 Å². The summed E-state index contributed by atoms with van der Waals surface area (Å²) < 4.78 is 18.5. The molecule has 2 unspecified atom stereocenters. The fourth-order valence-corrected chi connectivity index (χ4v) is 1.06. The highest BCUT2D eigenvalue weighted by molar-refractivity contribution is 7.79. The van der Waals surface area contributed by atoms with Crippen LogP contribution in [0, 0.1) is 0 Å². The molecule has 0 saturated heterocycles. The summed E-state index contributed by atoms with van der Waals surface area (Å²) in [6.07, 6.45) is 0.742. The summed E-state index contributed by atoms with van der Waals surface area (Å²) in [6.45, 7) is 1.91. The predicted molar refractivity (Wildman–Crippen MR) is 38.1 cm³/mol. The molecule has 58 valence electrons. The maximum absolute atomic E-state index is 10.5. The number of nitrogens with one attached hydrogen (secondary N) is 1. The van der Waals surface area contributed by atoms with E-state index in [9.17, 15) is 4.21 Å². The zero-order valence-corrected chi connectivity index (χ0v) is 6.35. The predicted octanol–water partition coefficient (Wildman–Crippen LogP) is -0.764. The number of nitrogens with two attached hydrogens (primary N) is 1. The van der Waals surface area contributed by atoms with Crippen LogP contribution < -0.4 is 11.2 Å². The molecule has 0 aliphatic carbocycles. The average Bonchev–Trinajstić information content (AvgIpc) is 2.34. The van der Waals surface area contributed by atoms with Crippen molar-refractivity contribution in [2.75, 3.05) is 0 Å². The second kappa shape index (κ2) is 3.09. The third-order valence-electron chi connectivity index (χ3n) is 1.18. The number of nitrogens with zero attached hydrogens (tertiary/aromatic N) is 1. The summed E-state index contributed by atoms with van der Waals surface area (Å²) in [5.74, 6) is 0.459. The van der Waals surface area contributed by atoms with Gasteiger partial charge >= 0.3 is 11.3 Å². The molecule has 1 aliphatic rings. The van der Waals surface area contributed by atoms with Gasteiger partial charge in [0.15, 0.2) is 5.84 Å². The molecule has 0 fully saturated rings. The van der Waals surface area contributed by atoms with Crippen molar-refractivity contribution >= 4 is 17.1 Å². The van der Waals surface area contributed by atoms with Gasteiger partial charge in [0.25, 0.3) is 0 Å². The van der Waals surface area contributed by atoms with E-state index < -0.39 is 11.3 Å². The molecule has 0 saturated carbocycles. The number of hydrogen-bond acceptors (Lipinski definition) is 4. The second-order valence-corrected chi connectivity index (χ2v) is 2.68. The van der Waals surface area contributed by atoms with Crippen LogP contribution in [0.5, 0.6) is 0 Å². The molecular weight excluding hydrogens is 154 g/mol. The molecule has 0 amide bonds. The lowest BCUT2D eigenvalue weighted by Gasteiger charge is -2.04. The Bertz CT molecular complexity index is 181. The molecule has 0 bridgehead atoms. The van der Waals surface area contributed by atoms with E-state index in [1.807, 2.05) is 6.92 Å². The van der Waals surface area contributed by atoms with Gasteiger partial charge in [0.1, 0.15) is 0 Å². The van der Waals surface area contributed by atoms with Gasteiger partial charge in [-0.25, -0.2) is 9.69 Å². The number of rotatable bonds is 2. The summed E-state index contributed by atoms with van der Waals surface area (Å²) in [6, 6.07) is -0.202. The number of hydrogen-bond donors (Lipinski definition) is 2. The van der Waals surface area contributed by atoms with E-state index in [0.717, 1.165) is 6.42 Å². The van der Waals surface area contributed by atoms with Crippen LogP contribution in [0.15, 0.2) is 4.40 Å². The first-order valence-corrected chi connectivity index (χ1v) is 3.96. The molecule has 0 aromatic rings. The zero-order chi connectivity index (χ0) is 7.56. The quantitative estimate of drug-likeness (QED) is 0.560. The van der Waals surface area contributed by atoms with Crippen LogP contribution >= 0.6 is 0 Å². The van der Waals surface area contributed by atoms with E-state index in [1.165, 1.54) is 0 Å². The molecule has 1 heterocycles. The molecule has 6 heteroatoms. The van der Waals surface area contributed by atoms with Gasteiger partial charge < -0.3 is 5.73 Å². The Hall–Kier alpha value is -0.460. The van der Waals surface area contributed by atoms with Gasteiger partial charge in [-0.3, -0.25) is 0 Å². The van der Waals surface area contributed by atoms with Gasteiger partial charge in [-0.1, -0.05) is 6.92 Å². The molecule has 0 radical (unpaired) electrons. The van der Waals surface area contributed by atoms with Crippen molar-refractivity contribution in [2.24, 2.45) is 10.1 Å². The Balaban J connectivity index is 2.57. The lowest BCUT2D eigenvalue weighted by molar-refractivity contribution is 0.301. The molecule has 10 heavy (non-hydrogen) atoms. The maximum atomic E-state index is 10.5. The normalized spacial score (nSPS) is 27.4. The summed E-state index contributed by atoms with van der Waals surface area (Å²) >= 11 is -1.58. The summed E-state index contributed by atoms with van der Waals surface area (Å²) in [5, 5.41) is 0. The third-order valence-corrected chi connectivity index (χ3v) is 1.75. The van der Waals surface area contributed by atoms with Gasteiger partial charge in [-0.15, -0.1) is 4.40 Å². The van der Waals surface area contributed by atoms with Gasteiger partial charge in [0, 0.05) is 0 Å².